The van der Waals surface area contributed by atoms with Crippen LogP contribution in [-0.2, 0) is 26.9 Å². The molecule has 0 radical (unpaired) electrons. The van der Waals surface area contributed by atoms with Crippen LogP contribution in [0, 0.1) is 0 Å². The third-order valence-electron chi connectivity index (χ3n) is 2.21. The Hall–Kier alpha value is -2.18. The van der Waals surface area contributed by atoms with Crippen molar-refractivity contribution in [1.29, 1.82) is 0 Å². The van der Waals surface area contributed by atoms with Gasteiger partial charge in [-0.15, -0.1) is 0 Å². The van der Waals surface area contributed by atoms with Gasteiger partial charge in [0.25, 0.3) is 0 Å². The fraction of sp³-hybridized carbons (Fsp3) is 0.333. The highest BCUT2D eigenvalue weighted by molar-refractivity contribution is 5.75. The zero-order chi connectivity index (χ0) is 15.8. The number of benzene rings is 1. The molecule has 0 bridgehead atoms. The highest BCUT2D eigenvalue weighted by Gasteiger charge is 2.30. The zero-order valence-corrected chi connectivity index (χ0v) is 10.5. The number of methoxy groups -OCH3 is 1. The summed E-state index contributed by atoms with van der Waals surface area (Å²) in [5.41, 5.74) is 5.05. The van der Waals surface area contributed by atoms with Gasteiger partial charge in [-0.1, -0.05) is 18.2 Å². The molecule has 1 atom stereocenters. The van der Waals surface area contributed by atoms with Crippen LogP contribution in [0.4, 0.5) is 13.2 Å². The van der Waals surface area contributed by atoms with Gasteiger partial charge in [0.05, 0.1) is 12.7 Å². The molecule has 110 valence electrons. The Morgan fingerprint density at radius 3 is 2.50 bits per heavy atom. The number of carbonyl (C=O) groups is 1. The standard InChI is InChI=1S/C11H12F3NO2.CNO/c1-17-10(16)9(15)6-7-3-2-4-8(5-7)11(12,13)14;2-1-3/h2-5,9H,6,15H2,1H3;/q;-1/t9-;/m0./s1. The first-order chi connectivity index (χ1) is 9.26. The second kappa shape index (κ2) is 8.08. The van der Waals surface area contributed by atoms with E-state index >= 15 is 0 Å². The van der Waals surface area contributed by atoms with Crippen molar-refractivity contribution in [2.24, 2.45) is 5.73 Å². The summed E-state index contributed by atoms with van der Waals surface area (Å²) >= 11 is 0. The van der Waals surface area contributed by atoms with E-state index in [2.05, 4.69) is 4.74 Å². The molecule has 0 saturated carbocycles. The largest absolute Gasteiger partial charge is 0.724 e. The molecule has 5 nitrogen and oxygen atoms in total. The molecule has 0 saturated heterocycles. The van der Waals surface area contributed by atoms with Gasteiger partial charge in [-0.3, -0.25) is 9.59 Å². The lowest BCUT2D eigenvalue weighted by Gasteiger charge is -2.11. The molecule has 0 heterocycles. The molecule has 8 heteroatoms. The number of nitrogens with zero attached hydrogens (tertiary/aromatic N) is 1. The molecular formula is C12H12F3N2O3-. The summed E-state index contributed by atoms with van der Waals surface area (Å²) in [5.74, 6) is -0.651. The highest BCUT2D eigenvalue weighted by atomic mass is 19.4. The Labute approximate surface area is 113 Å². The van der Waals surface area contributed by atoms with Gasteiger partial charge < -0.3 is 15.9 Å². The lowest BCUT2D eigenvalue weighted by atomic mass is 10.0. The molecule has 0 amide bonds. The number of hydrogen-bond acceptors (Lipinski definition) is 4. The number of carbonyl (C=O) groups excluding carboxylic acids is 2. The molecular weight excluding hydrogens is 277 g/mol. The lowest BCUT2D eigenvalue weighted by molar-refractivity contribution is -0.142. The van der Waals surface area contributed by atoms with E-state index in [1.165, 1.54) is 19.2 Å². The van der Waals surface area contributed by atoms with E-state index in [0.29, 0.717) is 11.6 Å². The van der Waals surface area contributed by atoms with Crippen LogP contribution in [0.25, 0.3) is 5.41 Å². The molecule has 0 unspecified atom stereocenters. The number of esters is 1. The van der Waals surface area contributed by atoms with Crippen LogP contribution in [0.3, 0.4) is 0 Å². The molecule has 0 fully saturated rings. The van der Waals surface area contributed by atoms with Gasteiger partial charge in [-0.2, -0.15) is 13.2 Å². The highest BCUT2D eigenvalue weighted by Crippen LogP contribution is 2.29. The van der Waals surface area contributed by atoms with E-state index in [1.807, 2.05) is 0 Å². The number of halogens is 3. The van der Waals surface area contributed by atoms with Crippen molar-refractivity contribution < 1.29 is 27.5 Å². The Morgan fingerprint density at radius 2 is 2.05 bits per heavy atom. The number of rotatable bonds is 3. The quantitative estimate of drug-likeness (QED) is 0.520. The lowest BCUT2D eigenvalue weighted by Crippen LogP contribution is -2.33. The van der Waals surface area contributed by atoms with E-state index in [1.54, 1.807) is 0 Å². The van der Waals surface area contributed by atoms with Crippen molar-refractivity contribution in [1.82, 2.24) is 0 Å². The van der Waals surface area contributed by atoms with Crippen molar-refractivity contribution in [3.63, 3.8) is 0 Å². The van der Waals surface area contributed by atoms with Crippen molar-refractivity contribution in [2.45, 2.75) is 18.6 Å². The SMILES string of the molecule is COC(=O)[C@@H](N)Cc1cccc(C(F)(F)F)c1.[N-]=C=O. The van der Waals surface area contributed by atoms with Gasteiger partial charge in [0.1, 0.15) is 6.04 Å². The van der Waals surface area contributed by atoms with Crippen LogP contribution in [0.2, 0.25) is 0 Å². The minimum Gasteiger partial charge on any atom is -0.724 e. The molecule has 20 heavy (non-hydrogen) atoms. The van der Waals surface area contributed by atoms with Crippen molar-refractivity contribution in [3.8, 4) is 0 Å². The zero-order valence-electron chi connectivity index (χ0n) is 10.5. The van der Waals surface area contributed by atoms with Gasteiger partial charge >= 0.3 is 12.1 Å². The predicted octanol–water partition coefficient (Wildman–Crippen LogP) is 1.64. The Balaban J connectivity index is 0.00000110. The van der Waals surface area contributed by atoms with Gasteiger partial charge in [0, 0.05) is 0 Å². The van der Waals surface area contributed by atoms with Crippen LogP contribution in [-0.4, -0.2) is 25.2 Å². The summed E-state index contributed by atoms with van der Waals surface area (Å²) in [7, 11) is 1.17. The summed E-state index contributed by atoms with van der Waals surface area (Å²) in [5, 5.41) is 6.76. The van der Waals surface area contributed by atoms with E-state index in [0.717, 1.165) is 12.1 Å². The molecule has 0 aliphatic rings. The van der Waals surface area contributed by atoms with Crippen molar-refractivity contribution >= 4 is 12.0 Å². The molecule has 0 aliphatic carbocycles. The first-order valence-corrected chi connectivity index (χ1v) is 5.27. The minimum absolute atomic E-state index is 0.0105. The fourth-order valence-corrected chi connectivity index (χ4v) is 1.36. The van der Waals surface area contributed by atoms with Gasteiger partial charge in [-0.25, -0.2) is 0 Å². The first-order valence-electron chi connectivity index (χ1n) is 5.27. The topological polar surface area (TPSA) is 91.7 Å². The predicted molar refractivity (Wildman–Crippen MR) is 64.2 cm³/mol. The molecule has 1 aromatic carbocycles. The van der Waals surface area contributed by atoms with Crippen LogP contribution < -0.4 is 5.73 Å². The summed E-state index contributed by atoms with van der Waals surface area (Å²) in [6.07, 6.45) is -3.89. The summed E-state index contributed by atoms with van der Waals surface area (Å²) in [6, 6.07) is 3.75. The van der Waals surface area contributed by atoms with Crippen LogP contribution in [0.15, 0.2) is 24.3 Å². The second-order valence-corrected chi connectivity index (χ2v) is 3.62. The minimum atomic E-state index is -4.40. The third-order valence-corrected chi connectivity index (χ3v) is 2.21. The monoisotopic (exact) mass is 289 g/mol. The number of alkyl halides is 3. The molecule has 0 aliphatic heterocycles. The van der Waals surface area contributed by atoms with E-state index in [4.69, 9.17) is 15.9 Å². The summed E-state index contributed by atoms with van der Waals surface area (Å²) < 4.78 is 41.6. The number of isocyanates is 1. The van der Waals surface area contributed by atoms with Crippen molar-refractivity contribution in [2.75, 3.05) is 7.11 Å². The summed E-state index contributed by atoms with van der Waals surface area (Å²) in [4.78, 5) is 19.3. The number of nitrogens with two attached hydrogens (primary N) is 1. The Morgan fingerprint density at radius 1 is 1.50 bits per heavy atom. The van der Waals surface area contributed by atoms with Crippen LogP contribution in [0.1, 0.15) is 11.1 Å². The maximum Gasteiger partial charge on any atom is 0.416 e. The molecule has 1 rings (SSSR count). The second-order valence-electron chi connectivity index (χ2n) is 3.62. The van der Waals surface area contributed by atoms with E-state index in [9.17, 15) is 18.0 Å². The van der Waals surface area contributed by atoms with Crippen molar-refractivity contribution in [3.05, 3.63) is 40.8 Å². The fourth-order valence-electron chi connectivity index (χ4n) is 1.36. The Kier molecular flexibility index (Phi) is 7.20. The first kappa shape index (κ1) is 17.8. The smallest absolute Gasteiger partial charge is 0.416 e. The molecule has 1 aromatic rings. The van der Waals surface area contributed by atoms with Gasteiger partial charge in [-0.05, 0) is 24.1 Å². The molecule has 0 spiro atoms. The van der Waals surface area contributed by atoms with Crippen LogP contribution >= 0.6 is 0 Å². The van der Waals surface area contributed by atoms with Crippen LogP contribution in [0.5, 0.6) is 0 Å². The number of ether oxygens (including phenoxy) is 1. The molecule has 2 N–H and O–H groups in total. The Bertz CT molecular complexity index is 483. The summed E-state index contributed by atoms with van der Waals surface area (Å²) in [6.45, 7) is 0. The maximum absolute atomic E-state index is 12.4. The maximum atomic E-state index is 12.4. The van der Waals surface area contributed by atoms with E-state index in [-0.39, 0.29) is 6.42 Å². The average molecular weight is 289 g/mol. The number of hydrogen-bond donors (Lipinski definition) is 1. The normalized spacial score (nSPS) is 11.7. The molecule has 0 aromatic heterocycles. The third kappa shape index (κ3) is 6.12. The average Bonchev–Trinajstić information content (AvgIpc) is 2.38. The van der Waals surface area contributed by atoms with Gasteiger partial charge in [0.2, 0.25) is 0 Å². The van der Waals surface area contributed by atoms with E-state index < -0.39 is 23.8 Å². The van der Waals surface area contributed by atoms with Gasteiger partial charge in [0.15, 0.2) is 0 Å².